The highest BCUT2D eigenvalue weighted by Crippen LogP contribution is 2.09. The van der Waals surface area contributed by atoms with Crippen LogP contribution in [-0.4, -0.2) is 16.9 Å². The summed E-state index contributed by atoms with van der Waals surface area (Å²) in [6.07, 6.45) is 3.90. The normalized spacial score (nSPS) is 10.8. The van der Waals surface area contributed by atoms with Gasteiger partial charge in [-0.15, -0.1) is 0 Å². The van der Waals surface area contributed by atoms with Gasteiger partial charge in [-0.25, -0.2) is 0 Å². The van der Waals surface area contributed by atoms with Crippen molar-refractivity contribution in [2.24, 2.45) is 7.05 Å². The second-order valence-corrected chi connectivity index (χ2v) is 4.33. The van der Waals surface area contributed by atoms with Crippen molar-refractivity contribution in [2.75, 3.05) is 7.11 Å². The fraction of sp³-hybridized carbons (Fsp3) is 0.357. The maximum Gasteiger partial charge on any atom is 0.0716 e. The first-order chi connectivity index (χ1) is 8.79. The molecule has 2 aromatic rings. The zero-order chi connectivity index (χ0) is 12.8. The smallest absolute Gasteiger partial charge is 0.0716 e. The molecular weight excluding hydrogens is 226 g/mol. The van der Waals surface area contributed by atoms with E-state index in [1.807, 2.05) is 30.2 Å². The number of hydrogen-bond donors (Lipinski definition) is 1. The molecule has 2 rings (SSSR count). The van der Waals surface area contributed by atoms with Crippen LogP contribution in [0.4, 0.5) is 0 Å². The summed E-state index contributed by atoms with van der Waals surface area (Å²) in [6, 6.07) is 8.33. The molecule has 0 bridgehead atoms. The van der Waals surface area contributed by atoms with Crippen molar-refractivity contribution in [3.8, 4) is 0 Å². The fourth-order valence-corrected chi connectivity index (χ4v) is 1.93. The molecule has 0 saturated heterocycles. The highest BCUT2D eigenvalue weighted by molar-refractivity contribution is 5.26. The van der Waals surface area contributed by atoms with Crippen LogP contribution < -0.4 is 5.32 Å². The van der Waals surface area contributed by atoms with E-state index in [4.69, 9.17) is 4.74 Å². The standard InChI is InChI=1S/C14H19N3O/c1-17-10-12(8-16-17)7-15-9-13-5-3-4-6-14(13)11-18-2/h3-6,8,10,15H,7,9,11H2,1-2H3. The summed E-state index contributed by atoms with van der Waals surface area (Å²) in [5.41, 5.74) is 3.71. The summed E-state index contributed by atoms with van der Waals surface area (Å²) in [6.45, 7) is 2.33. The third-order valence-electron chi connectivity index (χ3n) is 2.82. The summed E-state index contributed by atoms with van der Waals surface area (Å²) in [5, 5.41) is 7.57. The van der Waals surface area contributed by atoms with Gasteiger partial charge in [-0.05, 0) is 11.1 Å². The van der Waals surface area contributed by atoms with Gasteiger partial charge in [0.15, 0.2) is 0 Å². The maximum atomic E-state index is 5.20. The van der Waals surface area contributed by atoms with Crippen LogP contribution >= 0.6 is 0 Å². The predicted octanol–water partition coefficient (Wildman–Crippen LogP) is 1.86. The van der Waals surface area contributed by atoms with Crippen LogP contribution in [0.5, 0.6) is 0 Å². The van der Waals surface area contributed by atoms with Crippen molar-refractivity contribution in [3.63, 3.8) is 0 Å². The Morgan fingerprint density at radius 2 is 2.00 bits per heavy atom. The molecule has 0 unspecified atom stereocenters. The quantitative estimate of drug-likeness (QED) is 0.844. The van der Waals surface area contributed by atoms with Gasteiger partial charge in [-0.2, -0.15) is 5.10 Å². The number of methoxy groups -OCH3 is 1. The first-order valence-corrected chi connectivity index (χ1v) is 6.03. The van der Waals surface area contributed by atoms with Gasteiger partial charge in [0, 0.05) is 39.0 Å². The van der Waals surface area contributed by atoms with Crippen molar-refractivity contribution in [3.05, 3.63) is 53.3 Å². The number of ether oxygens (including phenoxy) is 1. The first kappa shape index (κ1) is 12.8. The zero-order valence-corrected chi connectivity index (χ0v) is 10.9. The monoisotopic (exact) mass is 245 g/mol. The Hall–Kier alpha value is -1.65. The van der Waals surface area contributed by atoms with Crippen molar-refractivity contribution >= 4 is 0 Å². The molecule has 18 heavy (non-hydrogen) atoms. The summed E-state index contributed by atoms with van der Waals surface area (Å²) in [4.78, 5) is 0. The van der Waals surface area contributed by atoms with Crippen LogP contribution in [-0.2, 0) is 31.5 Å². The molecule has 4 nitrogen and oxygen atoms in total. The lowest BCUT2D eigenvalue weighted by molar-refractivity contribution is 0.184. The Kier molecular flexibility index (Phi) is 4.50. The lowest BCUT2D eigenvalue weighted by atomic mass is 10.1. The van der Waals surface area contributed by atoms with E-state index >= 15 is 0 Å². The molecule has 96 valence electrons. The van der Waals surface area contributed by atoms with Crippen LogP contribution in [0.25, 0.3) is 0 Å². The SMILES string of the molecule is COCc1ccccc1CNCc1cnn(C)c1. The first-order valence-electron chi connectivity index (χ1n) is 6.03. The van der Waals surface area contributed by atoms with Crippen molar-refractivity contribution < 1.29 is 4.74 Å². The van der Waals surface area contributed by atoms with Crippen LogP contribution in [0, 0.1) is 0 Å². The van der Waals surface area contributed by atoms with Crippen molar-refractivity contribution in [1.29, 1.82) is 0 Å². The molecule has 0 spiro atoms. The van der Waals surface area contributed by atoms with Gasteiger partial charge in [0.25, 0.3) is 0 Å². The van der Waals surface area contributed by atoms with Gasteiger partial charge in [0.1, 0.15) is 0 Å². The number of hydrogen-bond acceptors (Lipinski definition) is 3. The zero-order valence-electron chi connectivity index (χ0n) is 10.9. The van der Waals surface area contributed by atoms with Crippen LogP contribution in [0.3, 0.4) is 0 Å². The number of aromatic nitrogens is 2. The third-order valence-corrected chi connectivity index (χ3v) is 2.82. The van der Waals surface area contributed by atoms with E-state index in [0.29, 0.717) is 6.61 Å². The van der Waals surface area contributed by atoms with Gasteiger partial charge in [-0.3, -0.25) is 4.68 Å². The van der Waals surface area contributed by atoms with E-state index < -0.39 is 0 Å². The average molecular weight is 245 g/mol. The molecule has 0 atom stereocenters. The molecule has 1 aromatic heterocycles. The van der Waals surface area contributed by atoms with Crippen LogP contribution in [0.15, 0.2) is 36.7 Å². The van der Waals surface area contributed by atoms with E-state index in [1.165, 1.54) is 16.7 Å². The maximum absolute atomic E-state index is 5.20. The number of benzene rings is 1. The lowest BCUT2D eigenvalue weighted by Gasteiger charge is -2.09. The highest BCUT2D eigenvalue weighted by Gasteiger charge is 2.01. The molecule has 1 heterocycles. The molecule has 1 N–H and O–H groups in total. The van der Waals surface area contributed by atoms with Gasteiger partial charge in [-0.1, -0.05) is 24.3 Å². The van der Waals surface area contributed by atoms with Gasteiger partial charge >= 0.3 is 0 Å². The molecule has 0 radical (unpaired) electrons. The fourth-order valence-electron chi connectivity index (χ4n) is 1.93. The molecule has 0 amide bonds. The summed E-state index contributed by atoms with van der Waals surface area (Å²) >= 11 is 0. The largest absolute Gasteiger partial charge is 0.380 e. The van der Waals surface area contributed by atoms with E-state index in [9.17, 15) is 0 Å². The molecule has 0 fully saturated rings. The molecular formula is C14H19N3O. The van der Waals surface area contributed by atoms with E-state index in [-0.39, 0.29) is 0 Å². The average Bonchev–Trinajstić information content (AvgIpc) is 2.78. The van der Waals surface area contributed by atoms with Gasteiger partial charge in [0.2, 0.25) is 0 Å². The van der Waals surface area contributed by atoms with Gasteiger partial charge < -0.3 is 10.1 Å². The number of nitrogens with zero attached hydrogens (tertiary/aromatic N) is 2. The molecule has 0 aliphatic heterocycles. The molecule has 4 heteroatoms. The van der Waals surface area contributed by atoms with Gasteiger partial charge in [0.05, 0.1) is 12.8 Å². The summed E-state index contributed by atoms with van der Waals surface area (Å²) in [7, 11) is 3.65. The Labute approximate surface area is 108 Å². The van der Waals surface area contributed by atoms with Crippen LogP contribution in [0.1, 0.15) is 16.7 Å². The minimum Gasteiger partial charge on any atom is -0.380 e. The Morgan fingerprint density at radius 3 is 2.67 bits per heavy atom. The summed E-state index contributed by atoms with van der Waals surface area (Å²) < 4.78 is 7.01. The minimum absolute atomic E-state index is 0.657. The molecule has 1 aromatic carbocycles. The molecule has 0 saturated carbocycles. The minimum atomic E-state index is 0.657. The van der Waals surface area contributed by atoms with E-state index in [1.54, 1.807) is 7.11 Å². The highest BCUT2D eigenvalue weighted by atomic mass is 16.5. The molecule has 0 aliphatic carbocycles. The number of aryl methyl sites for hydroxylation is 1. The van der Waals surface area contributed by atoms with E-state index in [0.717, 1.165) is 13.1 Å². The number of nitrogens with one attached hydrogen (secondary N) is 1. The van der Waals surface area contributed by atoms with E-state index in [2.05, 4.69) is 28.6 Å². The predicted molar refractivity (Wildman–Crippen MR) is 70.9 cm³/mol. The lowest BCUT2D eigenvalue weighted by Crippen LogP contribution is -2.13. The Balaban J connectivity index is 1.89. The van der Waals surface area contributed by atoms with Crippen LogP contribution in [0.2, 0.25) is 0 Å². The second kappa shape index (κ2) is 6.33. The third kappa shape index (κ3) is 3.42. The Morgan fingerprint density at radius 1 is 1.22 bits per heavy atom. The molecule has 0 aliphatic rings. The summed E-state index contributed by atoms with van der Waals surface area (Å²) in [5.74, 6) is 0. The van der Waals surface area contributed by atoms with Crippen molar-refractivity contribution in [2.45, 2.75) is 19.7 Å². The topological polar surface area (TPSA) is 39.1 Å². The second-order valence-electron chi connectivity index (χ2n) is 4.33. The number of rotatable bonds is 6. The Bertz CT molecular complexity index is 493. The van der Waals surface area contributed by atoms with Crippen molar-refractivity contribution in [1.82, 2.24) is 15.1 Å².